The van der Waals surface area contributed by atoms with Gasteiger partial charge in [0.2, 0.25) is 0 Å². The predicted octanol–water partition coefficient (Wildman–Crippen LogP) is 7.28. The average Bonchev–Trinajstić information content (AvgIpc) is 2.61. The first-order valence-electron chi connectivity index (χ1n) is 10.5. The third-order valence-corrected chi connectivity index (χ3v) is 6.13. The van der Waals surface area contributed by atoms with Crippen LogP contribution in [0.5, 0.6) is 5.75 Å². The summed E-state index contributed by atoms with van der Waals surface area (Å²) in [5.41, 5.74) is 1.97. The summed E-state index contributed by atoms with van der Waals surface area (Å²) in [6.45, 7) is 7.88. The standard InChI is InChI=1S/C23H38O/c1-4-6-9-17-23(18-10-8-12-20(23)3)21-13-15-22(16-14-21)24-19-11-7-5-2/h13-16,20H,4-12,17-19H2,1-3H3/t20-,23+/m0/s1. The van der Waals surface area contributed by atoms with Gasteiger partial charge in [0.25, 0.3) is 0 Å². The Balaban J connectivity index is 2.05. The summed E-state index contributed by atoms with van der Waals surface area (Å²) in [5.74, 6) is 1.85. The smallest absolute Gasteiger partial charge is 0.119 e. The molecule has 2 rings (SSSR count). The highest BCUT2D eigenvalue weighted by atomic mass is 16.5. The van der Waals surface area contributed by atoms with E-state index in [-0.39, 0.29) is 0 Å². The molecule has 24 heavy (non-hydrogen) atoms. The molecule has 1 aliphatic carbocycles. The second kappa shape index (κ2) is 10.1. The Labute approximate surface area is 150 Å². The van der Waals surface area contributed by atoms with Crippen LogP contribution in [-0.4, -0.2) is 6.61 Å². The second-order valence-electron chi connectivity index (χ2n) is 7.84. The van der Waals surface area contributed by atoms with Crippen LogP contribution in [0.15, 0.2) is 24.3 Å². The Morgan fingerprint density at radius 1 is 0.958 bits per heavy atom. The highest BCUT2D eigenvalue weighted by molar-refractivity contribution is 5.33. The van der Waals surface area contributed by atoms with Crippen molar-refractivity contribution in [3.05, 3.63) is 29.8 Å². The molecule has 136 valence electrons. The molecular formula is C23H38O. The third kappa shape index (κ3) is 5.01. The van der Waals surface area contributed by atoms with Crippen LogP contribution in [0.2, 0.25) is 0 Å². The van der Waals surface area contributed by atoms with Crippen molar-refractivity contribution in [2.75, 3.05) is 6.61 Å². The molecule has 1 nitrogen and oxygen atoms in total. The zero-order valence-corrected chi connectivity index (χ0v) is 16.3. The molecule has 0 amide bonds. The summed E-state index contributed by atoms with van der Waals surface area (Å²) in [6, 6.07) is 9.15. The number of unbranched alkanes of at least 4 members (excludes halogenated alkanes) is 4. The molecule has 1 aliphatic rings. The van der Waals surface area contributed by atoms with E-state index >= 15 is 0 Å². The SMILES string of the molecule is CCCCCOc1ccc([C@]2(CCCCC)CCCC[C@@H]2C)cc1. The summed E-state index contributed by atoms with van der Waals surface area (Å²) >= 11 is 0. The topological polar surface area (TPSA) is 9.23 Å². The van der Waals surface area contributed by atoms with E-state index < -0.39 is 0 Å². The highest BCUT2D eigenvalue weighted by Gasteiger charge is 2.38. The molecule has 0 saturated heterocycles. The zero-order valence-electron chi connectivity index (χ0n) is 16.3. The Hall–Kier alpha value is -0.980. The monoisotopic (exact) mass is 330 g/mol. The third-order valence-electron chi connectivity index (χ3n) is 6.13. The van der Waals surface area contributed by atoms with Crippen molar-refractivity contribution < 1.29 is 4.74 Å². The van der Waals surface area contributed by atoms with Crippen molar-refractivity contribution in [1.29, 1.82) is 0 Å². The molecule has 0 aliphatic heterocycles. The van der Waals surface area contributed by atoms with E-state index in [0.29, 0.717) is 5.41 Å². The van der Waals surface area contributed by atoms with Gasteiger partial charge in [-0.15, -0.1) is 0 Å². The van der Waals surface area contributed by atoms with Crippen molar-refractivity contribution in [2.24, 2.45) is 5.92 Å². The quantitative estimate of drug-likeness (QED) is 0.409. The van der Waals surface area contributed by atoms with Gasteiger partial charge in [-0.3, -0.25) is 0 Å². The van der Waals surface area contributed by atoms with Crippen molar-refractivity contribution in [3.8, 4) is 5.75 Å². The number of hydrogen-bond donors (Lipinski definition) is 0. The van der Waals surface area contributed by atoms with Gasteiger partial charge >= 0.3 is 0 Å². The summed E-state index contributed by atoms with van der Waals surface area (Å²) in [6.07, 6.45) is 14.7. The van der Waals surface area contributed by atoms with Gasteiger partial charge in [-0.05, 0) is 54.7 Å². The van der Waals surface area contributed by atoms with Crippen LogP contribution in [0.25, 0.3) is 0 Å². The second-order valence-corrected chi connectivity index (χ2v) is 7.84. The minimum absolute atomic E-state index is 0.411. The van der Waals surface area contributed by atoms with Crippen LogP contribution in [0.4, 0.5) is 0 Å². The van der Waals surface area contributed by atoms with E-state index in [1.54, 1.807) is 5.56 Å². The number of benzene rings is 1. The van der Waals surface area contributed by atoms with Crippen molar-refractivity contribution >= 4 is 0 Å². The molecule has 2 atom stereocenters. The summed E-state index contributed by atoms with van der Waals surface area (Å²) < 4.78 is 5.91. The van der Waals surface area contributed by atoms with Crippen LogP contribution < -0.4 is 4.74 Å². The fourth-order valence-electron chi connectivity index (χ4n) is 4.47. The molecule has 0 radical (unpaired) electrons. The van der Waals surface area contributed by atoms with Gasteiger partial charge in [0.1, 0.15) is 5.75 Å². The molecule has 0 N–H and O–H groups in total. The van der Waals surface area contributed by atoms with Crippen LogP contribution in [0.1, 0.15) is 97.0 Å². The van der Waals surface area contributed by atoms with E-state index in [0.717, 1.165) is 24.7 Å². The van der Waals surface area contributed by atoms with E-state index in [4.69, 9.17) is 4.74 Å². The number of rotatable bonds is 10. The lowest BCUT2D eigenvalue weighted by atomic mass is 9.61. The van der Waals surface area contributed by atoms with Gasteiger partial charge in [-0.2, -0.15) is 0 Å². The van der Waals surface area contributed by atoms with Gasteiger partial charge in [-0.1, -0.05) is 77.8 Å². The van der Waals surface area contributed by atoms with Crippen LogP contribution in [0.3, 0.4) is 0 Å². The van der Waals surface area contributed by atoms with Gasteiger partial charge in [0, 0.05) is 0 Å². The van der Waals surface area contributed by atoms with Crippen LogP contribution in [-0.2, 0) is 5.41 Å². The van der Waals surface area contributed by atoms with Gasteiger partial charge in [0.05, 0.1) is 6.61 Å². The molecule has 0 bridgehead atoms. The maximum Gasteiger partial charge on any atom is 0.119 e. The average molecular weight is 331 g/mol. The predicted molar refractivity (Wildman–Crippen MR) is 105 cm³/mol. The molecule has 1 heteroatoms. The number of hydrogen-bond acceptors (Lipinski definition) is 1. The highest BCUT2D eigenvalue weighted by Crippen LogP contribution is 2.47. The summed E-state index contributed by atoms with van der Waals surface area (Å²) in [4.78, 5) is 0. The molecule has 0 aromatic heterocycles. The van der Waals surface area contributed by atoms with Crippen LogP contribution in [0, 0.1) is 5.92 Å². The summed E-state index contributed by atoms with van der Waals surface area (Å²) in [7, 11) is 0. The van der Waals surface area contributed by atoms with Crippen molar-refractivity contribution in [1.82, 2.24) is 0 Å². The first kappa shape index (κ1) is 19.3. The molecule has 0 unspecified atom stereocenters. The minimum Gasteiger partial charge on any atom is -0.494 e. The molecule has 1 fully saturated rings. The minimum atomic E-state index is 0.411. The molecule has 1 aromatic rings. The van der Waals surface area contributed by atoms with Crippen molar-refractivity contribution in [2.45, 2.75) is 96.8 Å². The normalized spacial score (nSPS) is 24.0. The first-order valence-corrected chi connectivity index (χ1v) is 10.5. The van der Waals surface area contributed by atoms with Gasteiger partial charge in [-0.25, -0.2) is 0 Å². The Bertz CT molecular complexity index is 450. The molecular weight excluding hydrogens is 292 g/mol. The Morgan fingerprint density at radius 2 is 1.67 bits per heavy atom. The van der Waals surface area contributed by atoms with E-state index in [9.17, 15) is 0 Å². The fraction of sp³-hybridized carbons (Fsp3) is 0.739. The largest absolute Gasteiger partial charge is 0.494 e. The fourth-order valence-corrected chi connectivity index (χ4v) is 4.47. The van der Waals surface area contributed by atoms with Crippen LogP contribution >= 0.6 is 0 Å². The number of ether oxygens (including phenoxy) is 1. The first-order chi connectivity index (χ1) is 11.7. The lowest BCUT2D eigenvalue weighted by Crippen LogP contribution is -2.36. The van der Waals surface area contributed by atoms with E-state index in [2.05, 4.69) is 45.0 Å². The molecule has 1 saturated carbocycles. The maximum atomic E-state index is 5.91. The molecule has 0 heterocycles. The lowest BCUT2D eigenvalue weighted by Gasteiger charge is -2.44. The van der Waals surface area contributed by atoms with Gasteiger partial charge in [0.15, 0.2) is 0 Å². The van der Waals surface area contributed by atoms with Gasteiger partial charge < -0.3 is 4.74 Å². The Kier molecular flexibility index (Phi) is 8.15. The lowest BCUT2D eigenvalue weighted by molar-refractivity contribution is 0.181. The van der Waals surface area contributed by atoms with E-state index in [1.807, 2.05) is 0 Å². The Morgan fingerprint density at radius 3 is 2.33 bits per heavy atom. The summed E-state index contributed by atoms with van der Waals surface area (Å²) in [5, 5.41) is 0. The maximum absolute atomic E-state index is 5.91. The molecule has 1 aromatic carbocycles. The van der Waals surface area contributed by atoms with Crippen molar-refractivity contribution in [3.63, 3.8) is 0 Å². The van der Waals surface area contributed by atoms with E-state index in [1.165, 1.54) is 64.2 Å². The molecule has 0 spiro atoms. The zero-order chi connectivity index (χ0) is 17.3.